The molecule has 0 N–H and O–H groups in total. The van der Waals surface area contributed by atoms with Crippen molar-refractivity contribution in [1.29, 1.82) is 5.26 Å². The normalized spacial score (nSPS) is 10.0. The summed E-state index contributed by atoms with van der Waals surface area (Å²) in [4.78, 5) is 12.2. The van der Waals surface area contributed by atoms with Crippen LogP contribution in [0.3, 0.4) is 0 Å². The largest absolute Gasteiger partial charge is 0.423 e. The molecular formula is C23H17NO2. The summed E-state index contributed by atoms with van der Waals surface area (Å²) < 4.78 is 5.33. The fraction of sp³-hybridized carbons (Fsp3) is 0.0435. The van der Waals surface area contributed by atoms with Crippen LogP contribution in [0.4, 0.5) is 0 Å². The molecule has 0 saturated heterocycles. The third-order valence-corrected chi connectivity index (χ3v) is 4.03. The fourth-order valence-corrected chi connectivity index (χ4v) is 2.51. The van der Waals surface area contributed by atoms with Crippen LogP contribution in [-0.4, -0.2) is 5.97 Å². The number of hydrogen-bond acceptors (Lipinski definition) is 3. The van der Waals surface area contributed by atoms with Gasteiger partial charge in [0, 0.05) is 0 Å². The Labute approximate surface area is 152 Å². The van der Waals surface area contributed by atoms with Crippen molar-refractivity contribution in [3.8, 4) is 22.9 Å². The molecule has 3 nitrogen and oxygen atoms in total. The molecule has 3 aromatic rings. The molecule has 0 amide bonds. The molecule has 0 heterocycles. The Kier molecular flexibility index (Phi) is 4.96. The molecule has 0 aromatic heterocycles. The zero-order valence-corrected chi connectivity index (χ0v) is 14.4. The second-order valence-electron chi connectivity index (χ2n) is 5.96. The van der Waals surface area contributed by atoms with Gasteiger partial charge in [0.15, 0.2) is 0 Å². The van der Waals surface area contributed by atoms with Gasteiger partial charge in [0.1, 0.15) is 5.75 Å². The van der Waals surface area contributed by atoms with E-state index in [0.29, 0.717) is 16.9 Å². The van der Waals surface area contributed by atoms with E-state index in [4.69, 9.17) is 10.00 Å². The number of carbonyl (C=O) groups excluding carboxylic acids is 1. The highest BCUT2D eigenvalue weighted by Crippen LogP contribution is 2.23. The maximum absolute atomic E-state index is 12.2. The van der Waals surface area contributed by atoms with E-state index in [1.165, 1.54) is 0 Å². The molecule has 0 aliphatic heterocycles. The van der Waals surface area contributed by atoms with Crippen molar-refractivity contribution in [2.24, 2.45) is 0 Å². The van der Waals surface area contributed by atoms with Crippen LogP contribution in [0.15, 0.2) is 79.4 Å². The van der Waals surface area contributed by atoms with Crippen LogP contribution in [0.5, 0.6) is 5.75 Å². The van der Waals surface area contributed by atoms with Crippen molar-refractivity contribution in [1.82, 2.24) is 0 Å². The Morgan fingerprint density at radius 3 is 1.81 bits per heavy atom. The highest BCUT2D eigenvalue weighted by molar-refractivity contribution is 5.91. The first kappa shape index (κ1) is 17.2. The molecule has 0 aliphatic rings. The molecule has 0 spiro atoms. The van der Waals surface area contributed by atoms with Crippen LogP contribution in [0.2, 0.25) is 0 Å². The molecule has 0 fully saturated rings. The number of benzene rings is 3. The number of allylic oxidation sites excluding steroid dienone is 1. The smallest absolute Gasteiger partial charge is 0.343 e. The fourth-order valence-electron chi connectivity index (χ4n) is 2.51. The van der Waals surface area contributed by atoms with E-state index >= 15 is 0 Å². The topological polar surface area (TPSA) is 50.1 Å². The van der Waals surface area contributed by atoms with Gasteiger partial charge < -0.3 is 4.74 Å². The Bertz CT molecular complexity index is 976. The summed E-state index contributed by atoms with van der Waals surface area (Å²) in [5.41, 5.74) is 5.22. The lowest BCUT2D eigenvalue weighted by molar-refractivity contribution is 0.0735. The summed E-state index contributed by atoms with van der Waals surface area (Å²) in [5, 5.41) is 8.79. The predicted octanol–water partition coefficient (Wildman–Crippen LogP) is 5.48. The lowest BCUT2D eigenvalue weighted by Gasteiger charge is -2.07. The van der Waals surface area contributed by atoms with E-state index in [-0.39, 0.29) is 0 Å². The Balaban J connectivity index is 1.72. The van der Waals surface area contributed by atoms with Gasteiger partial charge in [-0.05, 0) is 60.0 Å². The minimum absolute atomic E-state index is 0.411. The third-order valence-electron chi connectivity index (χ3n) is 4.03. The van der Waals surface area contributed by atoms with Gasteiger partial charge in [0.25, 0.3) is 0 Å². The van der Waals surface area contributed by atoms with Crippen LogP contribution in [-0.2, 0) is 0 Å². The third kappa shape index (κ3) is 3.88. The van der Waals surface area contributed by atoms with Gasteiger partial charge in [-0.25, -0.2) is 4.79 Å². The number of nitriles is 1. The van der Waals surface area contributed by atoms with Crippen molar-refractivity contribution in [2.75, 3.05) is 0 Å². The summed E-state index contributed by atoms with van der Waals surface area (Å²) >= 11 is 0. The Hall–Kier alpha value is -3.64. The molecular weight excluding hydrogens is 322 g/mol. The molecule has 3 aromatic carbocycles. The molecule has 0 radical (unpaired) electrons. The minimum atomic E-state index is -0.432. The highest BCUT2D eigenvalue weighted by Gasteiger charge is 2.09. The quantitative estimate of drug-likeness (QED) is 0.467. The van der Waals surface area contributed by atoms with E-state index in [2.05, 4.69) is 6.58 Å². The standard InChI is InChI=1S/C23H17NO2/c1-16(2)18-5-7-19(8-6-18)20-9-11-21(12-10-20)23(25)26-22-13-3-17(15-24)4-14-22/h3-14H,1H2,2H3. The van der Waals surface area contributed by atoms with Gasteiger partial charge in [-0.2, -0.15) is 5.26 Å². The van der Waals surface area contributed by atoms with E-state index in [0.717, 1.165) is 22.3 Å². The van der Waals surface area contributed by atoms with Crippen LogP contribution >= 0.6 is 0 Å². The second kappa shape index (κ2) is 7.50. The minimum Gasteiger partial charge on any atom is -0.423 e. The van der Waals surface area contributed by atoms with Gasteiger partial charge in [-0.3, -0.25) is 0 Å². The molecule has 0 saturated carbocycles. The summed E-state index contributed by atoms with van der Waals surface area (Å²) in [6.07, 6.45) is 0. The van der Waals surface area contributed by atoms with Crippen LogP contribution in [0.1, 0.15) is 28.4 Å². The first-order valence-electron chi connectivity index (χ1n) is 8.15. The number of carbonyl (C=O) groups is 1. The number of rotatable bonds is 4. The summed E-state index contributed by atoms with van der Waals surface area (Å²) in [5.74, 6) is -0.0210. The molecule has 26 heavy (non-hydrogen) atoms. The van der Waals surface area contributed by atoms with Gasteiger partial charge in [0.05, 0.1) is 17.2 Å². The van der Waals surface area contributed by atoms with E-state index in [1.807, 2.05) is 49.4 Å². The predicted molar refractivity (Wildman–Crippen MR) is 103 cm³/mol. The molecule has 0 bridgehead atoms. The number of nitrogens with zero attached hydrogens (tertiary/aromatic N) is 1. The maximum atomic E-state index is 12.2. The number of esters is 1. The SMILES string of the molecule is C=C(C)c1ccc(-c2ccc(C(=O)Oc3ccc(C#N)cc3)cc2)cc1. The Morgan fingerprint density at radius 1 is 0.846 bits per heavy atom. The maximum Gasteiger partial charge on any atom is 0.343 e. The van der Waals surface area contributed by atoms with Crippen molar-refractivity contribution in [2.45, 2.75) is 6.92 Å². The Morgan fingerprint density at radius 2 is 1.35 bits per heavy atom. The van der Waals surface area contributed by atoms with E-state index in [1.54, 1.807) is 36.4 Å². The highest BCUT2D eigenvalue weighted by atomic mass is 16.5. The van der Waals surface area contributed by atoms with Crippen molar-refractivity contribution in [3.63, 3.8) is 0 Å². The van der Waals surface area contributed by atoms with Crippen molar-refractivity contribution >= 4 is 11.5 Å². The monoisotopic (exact) mass is 339 g/mol. The average Bonchev–Trinajstić information content (AvgIpc) is 2.69. The summed E-state index contributed by atoms with van der Waals surface area (Å²) in [7, 11) is 0. The van der Waals surface area contributed by atoms with Gasteiger partial charge in [0.2, 0.25) is 0 Å². The molecule has 3 heteroatoms. The molecule has 0 aliphatic carbocycles. The van der Waals surface area contributed by atoms with Gasteiger partial charge in [-0.1, -0.05) is 48.6 Å². The van der Waals surface area contributed by atoms with Gasteiger partial charge >= 0.3 is 5.97 Å². The first-order chi connectivity index (χ1) is 12.6. The second-order valence-corrected chi connectivity index (χ2v) is 5.96. The molecule has 0 atom stereocenters. The zero-order valence-electron chi connectivity index (χ0n) is 14.4. The van der Waals surface area contributed by atoms with Crippen molar-refractivity contribution in [3.05, 3.63) is 96.1 Å². The zero-order chi connectivity index (χ0) is 18.5. The lowest BCUT2D eigenvalue weighted by Crippen LogP contribution is -2.08. The van der Waals surface area contributed by atoms with Crippen LogP contribution in [0.25, 0.3) is 16.7 Å². The summed E-state index contributed by atoms with van der Waals surface area (Å²) in [6.45, 7) is 5.91. The first-order valence-corrected chi connectivity index (χ1v) is 8.15. The number of ether oxygens (including phenoxy) is 1. The molecule has 0 unspecified atom stereocenters. The van der Waals surface area contributed by atoms with Crippen LogP contribution in [0, 0.1) is 11.3 Å². The van der Waals surface area contributed by atoms with E-state index < -0.39 is 5.97 Å². The van der Waals surface area contributed by atoms with Crippen molar-refractivity contribution < 1.29 is 9.53 Å². The van der Waals surface area contributed by atoms with Gasteiger partial charge in [-0.15, -0.1) is 0 Å². The summed E-state index contributed by atoms with van der Waals surface area (Å²) in [6, 6.07) is 23.9. The molecule has 3 rings (SSSR count). The van der Waals surface area contributed by atoms with E-state index in [9.17, 15) is 4.79 Å². The average molecular weight is 339 g/mol. The lowest BCUT2D eigenvalue weighted by atomic mass is 10.0. The van der Waals surface area contributed by atoms with Crippen LogP contribution < -0.4 is 4.74 Å². The molecule has 126 valence electrons. The number of hydrogen-bond donors (Lipinski definition) is 0.